The van der Waals surface area contributed by atoms with E-state index in [1.54, 1.807) is 72.2 Å². The first-order valence-electron chi connectivity index (χ1n) is 12.6. The number of nitrogens with one attached hydrogen (secondary N) is 1. The molecule has 0 bridgehead atoms. The highest BCUT2D eigenvalue weighted by molar-refractivity contribution is 8.00. The monoisotopic (exact) mass is 614 g/mol. The van der Waals surface area contributed by atoms with Crippen molar-refractivity contribution in [1.29, 1.82) is 0 Å². The minimum absolute atomic E-state index is 0. The molecule has 0 saturated carbocycles. The van der Waals surface area contributed by atoms with Gasteiger partial charge >= 0.3 is 0 Å². The summed E-state index contributed by atoms with van der Waals surface area (Å²) in [4.78, 5) is 85.4. The number of imide groups is 2. The zero-order valence-corrected chi connectivity index (χ0v) is 24.6. The molecule has 224 valence electrons. The average Bonchev–Trinajstić information content (AvgIpc) is 3.38. The van der Waals surface area contributed by atoms with Crippen LogP contribution in [0.5, 0.6) is 0 Å². The van der Waals surface area contributed by atoms with E-state index in [1.807, 2.05) is 6.92 Å². The third kappa shape index (κ3) is 6.41. The van der Waals surface area contributed by atoms with E-state index in [0.29, 0.717) is 28.0 Å². The van der Waals surface area contributed by atoms with Crippen LogP contribution in [0.15, 0.2) is 48.5 Å². The molecule has 2 aromatic carbocycles. The SMILES string of the molecule is C.CC1SCC(N2C(=O)c3ccccc3C2=O)C(=O)N1C.CC=O.CNC(=O)C(CS)N1C(=O)c2ccccc2C1=O. The van der Waals surface area contributed by atoms with Crippen molar-refractivity contribution in [1.82, 2.24) is 20.0 Å². The van der Waals surface area contributed by atoms with E-state index in [1.165, 1.54) is 14.0 Å². The molecule has 3 unspecified atom stereocenters. The summed E-state index contributed by atoms with van der Waals surface area (Å²) in [6, 6.07) is 11.6. The van der Waals surface area contributed by atoms with Crippen LogP contribution in [0, 0.1) is 0 Å². The maximum atomic E-state index is 12.4. The van der Waals surface area contributed by atoms with Gasteiger partial charge in [0.15, 0.2) is 0 Å². The van der Waals surface area contributed by atoms with E-state index in [4.69, 9.17) is 4.79 Å². The van der Waals surface area contributed by atoms with Gasteiger partial charge in [-0.1, -0.05) is 31.7 Å². The summed E-state index contributed by atoms with van der Waals surface area (Å²) in [7, 11) is 3.15. The summed E-state index contributed by atoms with van der Waals surface area (Å²) >= 11 is 5.60. The van der Waals surface area contributed by atoms with Crippen LogP contribution in [0.2, 0.25) is 0 Å². The Morgan fingerprint density at radius 1 is 0.952 bits per heavy atom. The van der Waals surface area contributed by atoms with E-state index in [-0.39, 0.29) is 36.3 Å². The molecule has 0 aliphatic carbocycles. The topological polar surface area (TPSA) is 141 Å². The molecule has 13 heteroatoms. The van der Waals surface area contributed by atoms with Crippen LogP contribution in [-0.4, -0.2) is 99.5 Å². The summed E-state index contributed by atoms with van der Waals surface area (Å²) in [5.41, 5.74) is 1.43. The van der Waals surface area contributed by atoms with Crippen LogP contribution < -0.4 is 5.32 Å². The fourth-order valence-corrected chi connectivity index (χ4v) is 5.85. The number of hydrogen-bond donors (Lipinski definition) is 2. The number of fused-ring (bicyclic) bond motifs is 2. The fourth-order valence-electron chi connectivity index (χ4n) is 4.44. The Balaban J connectivity index is 0.000000264. The number of amides is 6. The lowest BCUT2D eigenvalue weighted by molar-refractivity contribution is -0.134. The molecule has 11 nitrogen and oxygen atoms in total. The smallest absolute Gasteiger partial charge is 0.262 e. The van der Waals surface area contributed by atoms with Crippen molar-refractivity contribution < 1.29 is 33.6 Å². The highest BCUT2D eigenvalue weighted by Gasteiger charge is 2.46. The average molecular weight is 615 g/mol. The van der Waals surface area contributed by atoms with Crippen LogP contribution in [0.25, 0.3) is 0 Å². The van der Waals surface area contributed by atoms with Crippen LogP contribution in [0.3, 0.4) is 0 Å². The van der Waals surface area contributed by atoms with Gasteiger partial charge in [-0.15, -0.1) is 11.8 Å². The van der Waals surface area contributed by atoms with Gasteiger partial charge in [0.1, 0.15) is 18.4 Å². The van der Waals surface area contributed by atoms with Gasteiger partial charge in [0.2, 0.25) is 11.8 Å². The third-order valence-electron chi connectivity index (χ3n) is 6.67. The number of benzene rings is 2. The highest BCUT2D eigenvalue weighted by atomic mass is 32.2. The Morgan fingerprint density at radius 2 is 1.36 bits per heavy atom. The van der Waals surface area contributed by atoms with E-state index in [0.717, 1.165) is 16.1 Å². The van der Waals surface area contributed by atoms with Crippen molar-refractivity contribution in [3.8, 4) is 0 Å². The number of hydrogen-bond acceptors (Lipinski definition) is 9. The molecule has 2 aromatic rings. The van der Waals surface area contributed by atoms with E-state index in [9.17, 15) is 28.8 Å². The second-order valence-electron chi connectivity index (χ2n) is 9.00. The largest absolute Gasteiger partial charge is 0.357 e. The fraction of sp³-hybridized carbons (Fsp3) is 0.345. The maximum Gasteiger partial charge on any atom is 0.262 e. The van der Waals surface area contributed by atoms with Gasteiger partial charge in [0.05, 0.1) is 27.6 Å². The summed E-state index contributed by atoms with van der Waals surface area (Å²) < 4.78 is 0. The number of likely N-dealkylation sites (N-methyl/N-ethyl adjacent to an activating group) is 2. The lowest BCUT2D eigenvalue weighted by Gasteiger charge is -2.37. The van der Waals surface area contributed by atoms with Gasteiger partial charge in [0, 0.05) is 25.6 Å². The molecular weight excluding hydrogens is 580 g/mol. The predicted octanol–water partition coefficient (Wildman–Crippen LogP) is 2.37. The number of aldehydes is 1. The molecule has 1 fully saturated rings. The first kappa shape index (κ1) is 34.2. The number of carbonyl (C=O) groups excluding carboxylic acids is 7. The number of rotatable bonds is 4. The van der Waals surface area contributed by atoms with Crippen molar-refractivity contribution in [3.63, 3.8) is 0 Å². The molecule has 6 amide bonds. The Hall–Kier alpha value is -3.97. The van der Waals surface area contributed by atoms with Crippen LogP contribution in [0.4, 0.5) is 0 Å². The van der Waals surface area contributed by atoms with Crippen molar-refractivity contribution in [3.05, 3.63) is 70.8 Å². The first-order chi connectivity index (χ1) is 19.5. The van der Waals surface area contributed by atoms with Gasteiger partial charge < -0.3 is 15.0 Å². The number of nitrogens with zero attached hydrogens (tertiary/aromatic N) is 3. The van der Waals surface area contributed by atoms with Crippen molar-refractivity contribution in [2.24, 2.45) is 0 Å². The Bertz CT molecular complexity index is 1330. The van der Waals surface area contributed by atoms with Gasteiger partial charge in [0.25, 0.3) is 23.6 Å². The molecule has 0 radical (unpaired) electrons. The van der Waals surface area contributed by atoms with Crippen molar-refractivity contribution in [2.45, 2.75) is 38.7 Å². The van der Waals surface area contributed by atoms with Crippen molar-refractivity contribution >= 4 is 66.1 Å². The summed E-state index contributed by atoms with van der Waals surface area (Å²) in [6.07, 6.45) is 0.750. The Morgan fingerprint density at radius 3 is 1.74 bits per heavy atom. The second kappa shape index (κ2) is 14.8. The van der Waals surface area contributed by atoms with E-state index in [2.05, 4.69) is 17.9 Å². The third-order valence-corrected chi connectivity index (χ3v) is 8.32. The summed E-state index contributed by atoms with van der Waals surface area (Å²) in [5, 5.41) is 2.49. The van der Waals surface area contributed by atoms with Gasteiger partial charge in [-0.2, -0.15) is 12.6 Å². The standard InChI is InChI=1S/C14H14N2O3S.C12H12N2O3S.C2H4O.CH4/c1-8-15(2)14(19)11(7-20-8)16-12(17)9-5-3-4-6-10(9)13(16)18;1-13-10(15)9(6-18)14-11(16)7-4-2-3-5-8(7)12(14)17;1-2-3;/h3-6,8,11H,7H2,1-2H3;2-5,9,18H,6H2,1H3,(H,13,15);2H,1H3;1H4. The van der Waals surface area contributed by atoms with Crippen LogP contribution in [0.1, 0.15) is 62.7 Å². The van der Waals surface area contributed by atoms with Crippen LogP contribution >= 0.6 is 24.4 Å². The summed E-state index contributed by atoms with van der Waals surface area (Å²) in [6.45, 7) is 3.38. The van der Waals surface area contributed by atoms with E-state index >= 15 is 0 Å². The zero-order valence-electron chi connectivity index (χ0n) is 22.9. The van der Waals surface area contributed by atoms with Gasteiger partial charge in [-0.25, -0.2) is 0 Å². The molecule has 5 rings (SSSR count). The molecular formula is C29H34N4O7S2. The van der Waals surface area contributed by atoms with Crippen molar-refractivity contribution in [2.75, 3.05) is 25.6 Å². The molecule has 3 aliphatic heterocycles. The molecule has 42 heavy (non-hydrogen) atoms. The highest BCUT2D eigenvalue weighted by Crippen LogP contribution is 2.31. The molecule has 3 aliphatic rings. The molecule has 1 N–H and O–H groups in total. The van der Waals surface area contributed by atoms with E-state index < -0.39 is 29.8 Å². The molecule has 0 aromatic heterocycles. The Labute approximate surface area is 254 Å². The van der Waals surface area contributed by atoms with Gasteiger partial charge in [-0.05, 0) is 38.1 Å². The molecule has 3 atom stereocenters. The normalized spacial score (nSPS) is 19.5. The molecule has 1 saturated heterocycles. The predicted molar refractivity (Wildman–Crippen MR) is 163 cm³/mol. The number of thiol groups is 1. The second-order valence-corrected chi connectivity index (χ2v) is 10.7. The zero-order chi connectivity index (χ0) is 30.4. The lowest BCUT2D eigenvalue weighted by atomic mass is 10.1. The number of thioether (sulfide) groups is 1. The summed E-state index contributed by atoms with van der Waals surface area (Å²) in [5.74, 6) is -1.66. The molecule has 0 spiro atoms. The minimum Gasteiger partial charge on any atom is -0.357 e. The Kier molecular flexibility index (Phi) is 12.0. The molecule has 3 heterocycles. The lowest BCUT2D eigenvalue weighted by Crippen LogP contribution is -2.56. The van der Waals surface area contributed by atoms with Crippen LogP contribution in [-0.2, 0) is 14.4 Å². The quantitative estimate of drug-likeness (QED) is 0.304. The maximum absolute atomic E-state index is 12.4. The van der Waals surface area contributed by atoms with Gasteiger partial charge in [-0.3, -0.25) is 38.6 Å². The first-order valence-corrected chi connectivity index (χ1v) is 14.3. The number of carbonyl (C=O) groups is 7. The minimum atomic E-state index is -0.884.